The van der Waals surface area contributed by atoms with E-state index >= 15 is 0 Å². The van der Waals surface area contributed by atoms with E-state index in [-0.39, 0.29) is 11.5 Å². The molecule has 1 saturated carbocycles. The lowest BCUT2D eigenvalue weighted by Gasteiger charge is -2.27. The molecule has 6 nitrogen and oxygen atoms in total. The van der Waals surface area contributed by atoms with Crippen LogP contribution in [0.2, 0.25) is 0 Å². The molecular weight excluding hydrogens is 364 g/mol. The van der Waals surface area contributed by atoms with Crippen molar-refractivity contribution in [3.05, 3.63) is 45.6 Å². The normalized spacial score (nSPS) is 18.6. The van der Waals surface area contributed by atoms with E-state index in [0.717, 1.165) is 55.7 Å². The monoisotopic (exact) mass is 392 g/mol. The molecule has 1 saturated heterocycles. The lowest BCUT2D eigenvalue weighted by molar-refractivity contribution is 0.0723. The minimum absolute atomic E-state index is 0.0724. The molecule has 0 radical (unpaired) electrons. The number of aromatic amines is 1. The zero-order valence-electron chi connectivity index (χ0n) is 17.0. The van der Waals surface area contributed by atoms with Crippen LogP contribution in [0.3, 0.4) is 0 Å². The van der Waals surface area contributed by atoms with Gasteiger partial charge < -0.3 is 9.88 Å². The molecule has 3 heterocycles. The number of carbonyl (C=O) groups excluding carboxylic acids is 1. The van der Waals surface area contributed by atoms with Gasteiger partial charge in [-0.2, -0.15) is 0 Å². The quantitative estimate of drug-likeness (QED) is 0.712. The molecule has 0 atom stereocenters. The second kappa shape index (κ2) is 7.32. The van der Waals surface area contributed by atoms with E-state index in [2.05, 4.69) is 9.97 Å². The van der Waals surface area contributed by atoms with Gasteiger partial charge in [0.05, 0.1) is 17.2 Å². The third-order valence-electron chi connectivity index (χ3n) is 6.70. The average molecular weight is 393 g/mol. The van der Waals surface area contributed by atoms with E-state index in [9.17, 15) is 9.59 Å². The highest BCUT2D eigenvalue weighted by atomic mass is 16.2. The Kier molecular flexibility index (Phi) is 4.64. The van der Waals surface area contributed by atoms with Crippen molar-refractivity contribution in [2.75, 3.05) is 13.1 Å². The van der Waals surface area contributed by atoms with Crippen molar-refractivity contribution < 1.29 is 4.79 Å². The van der Waals surface area contributed by atoms with Gasteiger partial charge in [0, 0.05) is 24.6 Å². The minimum Gasteiger partial charge on any atom is -0.339 e. The highest BCUT2D eigenvalue weighted by Gasteiger charge is 2.24. The van der Waals surface area contributed by atoms with Crippen LogP contribution in [0.25, 0.3) is 16.6 Å². The first kappa shape index (κ1) is 18.4. The largest absolute Gasteiger partial charge is 0.339 e. The van der Waals surface area contributed by atoms with Gasteiger partial charge >= 0.3 is 0 Å². The molecule has 2 fully saturated rings. The molecule has 1 aliphatic carbocycles. The maximum Gasteiger partial charge on any atom is 0.274 e. The maximum atomic E-state index is 13.1. The molecule has 29 heavy (non-hydrogen) atoms. The maximum absolute atomic E-state index is 13.1. The van der Waals surface area contributed by atoms with Gasteiger partial charge in [0.15, 0.2) is 0 Å². The first-order valence-electron chi connectivity index (χ1n) is 11.0. The minimum atomic E-state index is -0.146. The Bertz CT molecular complexity index is 1130. The van der Waals surface area contributed by atoms with Crippen LogP contribution < -0.4 is 5.56 Å². The Morgan fingerprint density at radius 2 is 1.76 bits per heavy atom. The van der Waals surface area contributed by atoms with E-state index in [0.29, 0.717) is 22.5 Å². The third-order valence-corrected chi connectivity index (χ3v) is 6.70. The zero-order valence-corrected chi connectivity index (χ0v) is 17.0. The SMILES string of the molecule is Cc1cc2c(cc1C(=O)N1CCCCC1)[nH]c(=O)c1cnc(C3CCCCC3)n12. The fraction of sp³-hybridized carbons (Fsp3) is 0.522. The lowest BCUT2D eigenvalue weighted by atomic mass is 9.88. The molecule has 1 aliphatic heterocycles. The summed E-state index contributed by atoms with van der Waals surface area (Å²) in [5.41, 5.74) is 3.73. The summed E-state index contributed by atoms with van der Waals surface area (Å²) in [5, 5.41) is 0. The summed E-state index contributed by atoms with van der Waals surface area (Å²) >= 11 is 0. The highest BCUT2D eigenvalue weighted by molar-refractivity contribution is 5.99. The Labute approximate surface area is 169 Å². The number of piperidine rings is 1. The Morgan fingerprint density at radius 3 is 2.52 bits per heavy atom. The van der Waals surface area contributed by atoms with Crippen molar-refractivity contribution in [1.29, 1.82) is 0 Å². The molecule has 152 valence electrons. The van der Waals surface area contributed by atoms with Crippen LogP contribution in [0.1, 0.15) is 79.0 Å². The predicted molar refractivity (Wildman–Crippen MR) is 114 cm³/mol. The summed E-state index contributed by atoms with van der Waals surface area (Å²) in [6.45, 7) is 3.63. The molecule has 5 rings (SSSR count). The van der Waals surface area contributed by atoms with E-state index in [1.807, 2.05) is 28.4 Å². The van der Waals surface area contributed by atoms with Gasteiger partial charge in [-0.25, -0.2) is 4.98 Å². The van der Waals surface area contributed by atoms with Gasteiger partial charge in [-0.1, -0.05) is 19.3 Å². The molecule has 3 aromatic rings. The topological polar surface area (TPSA) is 70.5 Å². The van der Waals surface area contributed by atoms with Crippen molar-refractivity contribution in [2.45, 2.75) is 64.2 Å². The summed E-state index contributed by atoms with van der Waals surface area (Å²) < 4.78 is 2.03. The number of nitrogens with zero attached hydrogens (tertiary/aromatic N) is 3. The second-order valence-electron chi connectivity index (χ2n) is 8.66. The summed E-state index contributed by atoms with van der Waals surface area (Å²) in [5.74, 6) is 1.46. The van der Waals surface area contributed by atoms with Gasteiger partial charge in [0.1, 0.15) is 11.3 Å². The van der Waals surface area contributed by atoms with Crippen LogP contribution in [0, 0.1) is 6.92 Å². The number of aryl methyl sites for hydroxylation is 1. The standard InChI is InChI=1S/C23H28N4O2/c1-15-12-19-18(13-17(15)23(29)26-10-6-3-7-11-26)25-22(28)20-14-24-21(27(19)20)16-8-4-2-5-9-16/h12-14,16H,2-11H2,1H3,(H,25,28). The van der Waals surface area contributed by atoms with Crippen LogP contribution in [0.15, 0.2) is 23.1 Å². The van der Waals surface area contributed by atoms with Crippen molar-refractivity contribution in [3.63, 3.8) is 0 Å². The van der Waals surface area contributed by atoms with Gasteiger partial charge in [0.2, 0.25) is 0 Å². The van der Waals surface area contributed by atoms with E-state index in [1.165, 1.54) is 25.7 Å². The molecule has 0 bridgehead atoms. The van der Waals surface area contributed by atoms with Crippen molar-refractivity contribution >= 4 is 22.5 Å². The molecule has 1 aromatic carbocycles. The number of aromatic nitrogens is 3. The van der Waals surface area contributed by atoms with Crippen LogP contribution >= 0.6 is 0 Å². The number of fused-ring (bicyclic) bond motifs is 3. The molecule has 1 amide bonds. The smallest absolute Gasteiger partial charge is 0.274 e. The van der Waals surface area contributed by atoms with Gasteiger partial charge in [-0.15, -0.1) is 0 Å². The molecule has 0 spiro atoms. The second-order valence-corrected chi connectivity index (χ2v) is 8.66. The van der Waals surface area contributed by atoms with Crippen LogP contribution in [0.5, 0.6) is 0 Å². The molecule has 0 unspecified atom stereocenters. The van der Waals surface area contributed by atoms with Gasteiger partial charge in [-0.05, 0) is 56.7 Å². The van der Waals surface area contributed by atoms with Crippen LogP contribution in [-0.4, -0.2) is 38.3 Å². The number of amides is 1. The number of hydrogen-bond donors (Lipinski definition) is 1. The van der Waals surface area contributed by atoms with E-state index < -0.39 is 0 Å². The van der Waals surface area contributed by atoms with E-state index in [1.54, 1.807) is 6.20 Å². The third kappa shape index (κ3) is 3.15. The summed E-state index contributed by atoms with van der Waals surface area (Å²) in [6, 6.07) is 3.91. The van der Waals surface area contributed by atoms with Crippen LogP contribution in [0.4, 0.5) is 0 Å². The van der Waals surface area contributed by atoms with Crippen molar-refractivity contribution in [1.82, 2.24) is 19.3 Å². The van der Waals surface area contributed by atoms with E-state index in [4.69, 9.17) is 0 Å². The van der Waals surface area contributed by atoms with Gasteiger partial charge in [0.25, 0.3) is 11.5 Å². The fourth-order valence-electron chi connectivity index (χ4n) is 5.09. The van der Waals surface area contributed by atoms with Crippen molar-refractivity contribution in [3.8, 4) is 0 Å². The number of hydrogen-bond acceptors (Lipinski definition) is 3. The van der Waals surface area contributed by atoms with Crippen LogP contribution in [-0.2, 0) is 0 Å². The molecule has 6 heteroatoms. The first-order chi connectivity index (χ1) is 14.1. The number of rotatable bonds is 2. The fourth-order valence-corrected chi connectivity index (χ4v) is 5.09. The Hall–Kier alpha value is -2.63. The molecule has 2 aromatic heterocycles. The number of nitrogens with one attached hydrogen (secondary N) is 1. The average Bonchev–Trinajstić information content (AvgIpc) is 3.21. The summed E-state index contributed by atoms with van der Waals surface area (Å²) in [4.78, 5) is 35.4. The molecule has 2 aliphatic rings. The number of likely N-dealkylation sites (tertiary alicyclic amines) is 1. The summed E-state index contributed by atoms with van der Waals surface area (Å²) in [6.07, 6.45) is 11.0. The molecular formula is C23H28N4O2. The summed E-state index contributed by atoms with van der Waals surface area (Å²) in [7, 11) is 0. The number of carbonyl (C=O) groups is 1. The lowest BCUT2D eigenvalue weighted by Crippen LogP contribution is -2.36. The Morgan fingerprint density at radius 1 is 1.03 bits per heavy atom. The predicted octanol–water partition coefficient (Wildman–Crippen LogP) is 4.16. The Balaban J connectivity index is 1.65. The highest BCUT2D eigenvalue weighted by Crippen LogP contribution is 2.33. The van der Waals surface area contributed by atoms with Crippen molar-refractivity contribution in [2.24, 2.45) is 0 Å². The zero-order chi connectivity index (χ0) is 20.0. The first-order valence-corrected chi connectivity index (χ1v) is 11.0. The number of H-pyrrole nitrogens is 1. The number of benzene rings is 1. The number of imidazole rings is 1. The molecule has 1 N–H and O–H groups in total. The van der Waals surface area contributed by atoms with Gasteiger partial charge in [-0.3, -0.25) is 14.0 Å².